The van der Waals surface area contributed by atoms with Crippen molar-refractivity contribution in [3.8, 4) is 0 Å². The fourth-order valence-corrected chi connectivity index (χ4v) is 2.37. The Hall–Kier alpha value is -1.14. The molecule has 1 saturated heterocycles. The van der Waals surface area contributed by atoms with E-state index in [9.17, 15) is 5.11 Å². The molecule has 1 unspecified atom stereocenters. The molecule has 2 rings (SSSR count). The molecule has 0 saturated carbocycles. The number of anilines is 1. The molecule has 0 aliphatic carbocycles. The molecule has 6 heteroatoms. The summed E-state index contributed by atoms with van der Waals surface area (Å²) in [6, 6.07) is 0.573. The lowest BCUT2D eigenvalue weighted by atomic mass is 9.98. The molecule has 1 aliphatic heterocycles. The smallest absolute Gasteiger partial charge is 0.318 e. The molecule has 0 radical (unpaired) electrons. The first-order valence-electron chi connectivity index (χ1n) is 7.47. The van der Waals surface area contributed by atoms with Gasteiger partial charge in [-0.05, 0) is 38.6 Å². The predicted octanol–water partition coefficient (Wildman–Crippen LogP) is 1.56. The van der Waals surface area contributed by atoms with Crippen molar-refractivity contribution in [3.63, 3.8) is 0 Å². The van der Waals surface area contributed by atoms with Gasteiger partial charge in [0.05, 0.1) is 12.1 Å². The molecule has 1 fully saturated rings. The molecule has 2 N–H and O–H groups in total. The third-order valence-corrected chi connectivity index (χ3v) is 3.62. The van der Waals surface area contributed by atoms with E-state index >= 15 is 0 Å². The highest BCUT2D eigenvalue weighted by Crippen LogP contribution is 2.24. The minimum Gasteiger partial charge on any atom is -0.407 e. The third kappa shape index (κ3) is 4.45. The zero-order valence-electron chi connectivity index (χ0n) is 12.7. The van der Waals surface area contributed by atoms with Gasteiger partial charge in [0.15, 0.2) is 0 Å². The Morgan fingerprint density at radius 3 is 2.90 bits per heavy atom. The summed E-state index contributed by atoms with van der Waals surface area (Å²) in [5.74, 6) is 1.22. The van der Waals surface area contributed by atoms with E-state index in [0.29, 0.717) is 24.4 Å². The van der Waals surface area contributed by atoms with Gasteiger partial charge in [0.25, 0.3) is 0 Å². The average Bonchev–Trinajstić information content (AvgIpc) is 2.74. The molecular weight excluding hydrogens is 256 g/mol. The van der Waals surface area contributed by atoms with Crippen molar-refractivity contribution >= 4 is 6.01 Å². The summed E-state index contributed by atoms with van der Waals surface area (Å²) in [6.45, 7) is 9.38. The molecule has 0 amide bonds. The largest absolute Gasteiger partial charge is 0.407 e. The summed E-state index contributed by atoms with van der Waals surface area (Å²) in [7, 11) is 0. The Bertz CT molecular complexity index is 417. The average molecular weight is 282 g/mol. The number of nitrogens with one attached hydrogen (secondary N) is 1. The van der Waals surface area contributed by atoms with Crippen molar-refractivity contribution in [2.24, 2.45) is 5.92 Å². The zero-order valence-corrected chi connectivity index (χ0v) is 12.7. The second-order valence-corrected chi connectivity index (χ2v) is 6.34. The van der Waals surface area contributed by atoms with E-state index in [4.69, 9.17) is 4.42 Å². The quantitative estimate of drug-likeness (QED) is 0.853. The van der Waals surface area contributed by atoms with Gasteiger partial charge in [-0.15, -0.1) is 5.10 Å². The maximum Gasteiger partial charge on any atom is 0.318 e. The molecule has 1 atom stereocenters. The van der Waals surface area contributed by atoms with E-state index in [1.165, 1.54) is 0 Å². The van der Waals surface area contributed by atoms with E-state index < -0.39 is 5.60 Å². The van der Waals surface area contributed by atoms with E-state index in [1.807, 2.05) is 6.92 Å². The van der Waals surface area contributed by atoms with Crippen LogP contribution in [0.1, 0.15) is 45.9 Å². The van der Waals surface area contributed by atoms with Gasteiger partial charge in [-0.3, -0.25) is 0 Å². The van der Waals surface area contributed by atoms with Crippen molar-refractivity contribution in [3.05, 3.63) is 5.89 Å². The van der Waals surface area contributed by atoms with Gasteiger partial charge in [-0.25, -0.2) is 0 Å². The SMILES string of the molecule is CC(C)CNCc1nnc(N2CCCC(C)(O)CC2)o1. The van der Waals surface area contributed by atoms with Crippen LogP contribution in [0.25, 0.3) is 0 Å². The maximum absolute atomic E-state index is 10.1. The lowest BCUT2D eigenvalue weighted by molar-refractivity contribution is 0.0481. The molecule has 6 nitrogen and oxygen atoms in total. The van der Waals surface area contributed by atoms with Gasteiger partial charge in [0.2, 0.25) is 5.89 Å². The molecule has 0 aromatic carbocycles. The monoisotopic (exact) mass is 282 g/mol. The Labute approximate surface area is 120 Å². The summed E-state index contributed by atoms with van der Waals surface area (Å²) in [4.78, 5) is 2.07. The second kappa shape index (κ2) is 6.54. The molecule has 114 valence electrons. The highest BCUT2D eigenvalue weighted by atomic mass is 16.4. The number of hydrogen-bond acceptors (Lipinski definition) is 6. The topological polar surface area (TPSA) is 74.4 Å². The highest BCUT2D eigenvalue weighted by Gasteiger charge is 2.26. The highest BCUT2D eigenvalue weighted by molar-refractivity contribution is 5.24. The summed E-state index contributed by atoms with van der Waals surface area (Å²) >= 11 is 0. The van der Waals surface area contributed by atoms with Gasteiger partial charge >= 0.3 is 6.01 Å². The molecule has 1 aromatic rings. The second-order valence-electron chi connectivity index (χ2n) is 6.34. The van der Waals surface area contributed by atoms with Crippen LogP contribution >= 0.6 is 0 Å². The maximum atomic E-state index is 10.1. The van der Waals surface area contributed by atoms with Crippen LogP contribution < -0.4 is 10.2 Å². The molecule has 1 aliphatic rings. The summed E-state index contributed by atoms with van der Waals surface area (Å²) in [5.41, 5.74) is -0.573. The molecule has 1 aromatic heterocycles. The zero-order chi connectivity index (χ0) is 14.6. The number of aromatic nitrogens is 2. The number of hydrogen-bond donors (Lipinski definition) is 2. The summed E-state index contributed by atoms with van der Waals surface area (Å²) in [5, 5.41) is 21.6. The van der Waals surface area contributed by atoms with Gasteiger partial charge < -0.3 is 19.7 Å². The van der Waals surface area contributed by atoms with Crippen LogP contribution in [-0.4, -0.2) is 40.5 Å². The molecule has 0 bridgehead atoms. The predicted molar refractivity (Wildman–Crippen MR) is 77.5 cm³/mol. The van der Waals surface area contributed by atoms with Gasteiger partial charge in [0.1, 0.15) is 0 Å². The van der Waals surface area contributed by atoms with Crippen molar-refractivity contribution in [2.75, 3.05) is 24.5 Å². The van der Waals surface area contributed by atoms with Gasteiger partial charge in [-0.1, -0.05) is 18.9 Å². The van der Waals surface area contributed by atoms with E-state index in [-0.39, 0.29) is 0 Å². The van der Waals surface area contributed by atoms with Crippen LogP contribution in [-0.2, 0) is 6.54 Å². The van der Waals surface area contributed by atoms with Crippen LogP contribution in [0.4, 0.5) is 6.01 Å². The van der Waals surface area contributed by atoms with Crippen molar-refractivity contribution in [1.82, 2.24) is 15.5 Å². The first-order chi connectivity index (χ1) is 9.46. The Morgan fingerprint density at radius 1 is 1.35 bits per heavy atom. The van der Waals surface area contributed by atoms with Gasteiger partial charge in [-0.2, -0.15) is 0 Å². The lowest BCUT2D eigenvalue weighted by Gasteiger charge is -2.21. The minimum atomic E-state index is -0.573. The number of rotatable bonds is 5. The standard InChI is InChI=1S/C14H26N4O2/c1-11(2)9-15-10-12-16-17-13(20-12)18-7-4-5-14(3,19)6-8-18/h11,15,19H,4-10H2,1-3H3. The van der Waals surface area contributed by atoms with Crippen LogP contribution in [0.2, 0.25) is 0 Å². The van der Waals surface area contributed by atoms with Crippen LogP contribution in [0.5, 0.6) is 0 Å². The fraction of sp³-hybridized carbons (Fsp3) is 0.857. The van der Waals surface area contributed by atoms with Gasteiger partial charge in [0, 0.05) is 13.1 Å². The first-order valence-corrected chi connectivity index (χ1v) is 7.47. The first kappa shape index (κ1) is 15.3. The Morgan fingerprint density at radius 2 is 2.15 bits per heavy atom. The summed E-state index contributed by atoms with van der Waals surface area (Å²) < 4.78 is 5.69. The van der Waals surface area contributed by atoms with Crippen LogP contribution in [0.15, 0.2) is 4.42 Å². The molecular formula is C14H26N4O2. The molecule has 0 spiro atoms. The van der Waals surface area contributed by atoms with E-state index in [2.05, 4.69) is 34.3 Å². The summed E-state index contributed by atoms with van der Waals surface area (Å²) in [6.07, 6.45) is 2.49. The van der Waals surface area contributed by atoms with Crippen molar-refractivity contribution in [2.45, 2.75) is 52.2 Å². The third-order valence-electron chi connectivity index (χ3n) is 3.62. The van der Waals surface area contributed by atoms with Crippen LogP contribution in [0.3, 0.4) is 0 Å². The number of aliphatic hydroxyl groups is 1. The van der Waals surface area contributed by atoms with Crippen LogP contribution in [0, 0.1) is 5.92 Å². The lowest BCUT2D eigenvalue weighted by Crippen LogP contribution is -2.28. The number of nitrogens with zero attached hydrogens (tertiary/aromatic N) is 3. The molecule has 20 heavy (non-hydrogen) atoms. The van der Waals surface area contributed by atoms with Crippen molar-refractivity contribution < 1.29 is 9.52 Å². The van der Waals surface area contributed by atoms with Crippen molar-refractivity contribution in [1.29, 1.82) is 0 Å². The Balaban J connectivity index is 1.88. The minimum absolute atomic E-state index is 0.573. The molecule has 2 heterocycles. The Kier molecular flexibility index (Phi) is 4.99. The fourth-order valence-electron chi connectivity index (χ4n) is 2.37. The normalized spacial score (nSPS) is 24.1. The van der Waals surface area contributed by atoms with E-state index in [1.54, 1.807) is 0 Å². The van der Waals surface area contributed by atoms with E-state index in [0.717, 1.165) is 38.9 Å².